The summed E-state index contributed by atoms with van der Waals surface area (Å²) in [5, 5.41) is 3.57. The van der Waals surface area contributed by atoms with E-state index in [-0.39, 0.29) is 0 Å². The highest BCUT2D eigenvalue weighted by molar-refractivity contribution is 5.85. The summed E-state index contributed by atoms with van der Waals surface area (Å²) in [6, 6.07) is 4.28. The molecule has 0 unspecified atom stereocenters. The van der Waals surface area contributed by atoms with Gasteiger partial charge in [0, 0.05) is 19.6 Å². The summed E-state index contributed by atoms with van der Waals surface area (Å²) in [6.45, 7) is 3.39. The van der Waals surface area contributed by atoms with Gasteiger partial charge < -0.3 is 16.0 Å². The molecule has 2 aliphatic rings. The van der Waals surface area contributed by atoms with Gasteiger partial charge in [0.25, 0.3) is 0 Å². The van der Waals surface area contributed by atoms with Crippen LogP contribution >= 0.6 is 0 Å². The fourth-order valence-corrected chi connectivity index (χ4v) is 3.18. The van der Waals surface area contributed by atoms with Crippen molar-refractivity contribution in [2.45, 2.75) is 38.5 Å². The molecule has 0 saturated carbocycles. The number of nitrogen functional groups attached to an aromatic ring is 1. The summed E-state index contributed by atoms with van der Waals surface area (Å²) in [4.78, 5) is 2.50. The molecule has 0 aliphatic carbocycles. The molecular weight excluding hydrogens is 222 g/mol. The van der Waals surface area contributed by atoms with Crippen LogP contribution in [0.5, 0.6) is 0 Å². The van der Waals surface area contributed by atoms with E-state index in [1.807, 2.05) is 0 Å². The number of hydrogen-bond acceptors (Lipinski definition) is 3. The first-order valence-electron chi connectivity index (χ1n) is 7.26. The van der Waals surface area contributed by atoms with Gasteiger partial charge in [-0.25, -0.2) is 0 Å². The maximum Gasteiger partial charge on any atom is 0.0838 e. The van der Waals surface area contributed by atoms with Gasteiger partial charge in [-0.05, 0) is 37.3 Å². The summed E-state index contributed by atoms with van der Waals surface area (Å²) in [5.74, 6) is 0. The third-order valence-corrected chi connectivity index (χ3v) is 4.14. The summed E-state index contributed by atoms with van der Waals surface area (Å²) >= 11 is 0. The molecule has 18 heavy (non-hydrogen) atoms. The fraction of sp³-hybridized carbons (Fsp3) is 0.600. The minimum atomic E-state index is 0.935. The van der Waals surface area contributed by atoms with Gasteiger partial charge in [-0.3, -0.25) is 0 Å². The highest BCUT2D eigenvalue weighted by Gasteiger charge is 2.20. The number of fused-ring (bicyclic) bond motifs is 1. The van der Waals surface area contributed by atoms with Crippen LogP contribution in [0.4, 0.5) is 17.1 Å². The van der Waals surface area contributed by atoms with Crippen LogP contribution in [0.2, 0.25) is 0 Å². The lowest BCUT2D eigenvalue weighted by atomic mass is 10.0. The second-order valence-corrected chi connectivity index (χ2v) is 5.47. The van der Waals surface area contributed by atoms with Crippen LogP contribution in [-0.2, 0) is 6.42 Å². The molecule has 3 N–H and O–H groups in total. The highest BCUT2D eigenvalue weighted by Crippen LogP contribution is 2.38. The Morgan fingerprint density at radius 2 is 1.78 bits per heavy atom. The lowest BCUT2D eigenvalue weighted by molar-refractivity contribution is 0.726. The number of hydrogen-bond donors (Lipinski definition) is 2. The summed E-state index contributed by atoms with van der Waals surface area (Å²) < 4.78 is 0. The average Bonchev–Trinajstić information content (AvgIpc) is 2.67. The van der Waals surface area contributed by atoms with Crippen molar-refractivity contribution in [3.05, 3.63) is 17.7 Å². The Balaban J connectivity index is 1.98. The van der Waals surface area contributed by atoms with E-state index in [4.69, 9.17) is 5.73 Å². The van der Waals surface area contributed by atoms with Crippen LogP contribution in [0, 0.1) is 0 Å². The van der Waals surface area contributed by atoms with Crippen molar-refractivity contribution in [1.82, 2.24) is 0 Å². The van der Waals surface area contributed by atoms with E-state index >= 15 is 0 Å². The van der Waals surface area contributed by atoms with E-state index in [1.54, 1.807) is 0 Å². The largest absolute Gasteiger partial charge is 0.397 e. The van der Waals surface area contributed by atoms with Gasteiger partial charge in [0.15, 0.2) is 0 Å². The van der Waals surface area contributed by atoms with Gasteiger partial charge in [0.2, 0.25) is 0 Å². The van der Waals surface area contributed by atoms with Crippen LogP contribution in [0.1, 0.15) is 37.7 Å². The number of benzene rings is 1. The summed E-state index contributed by atoms with van der Waals surface area (Å²) in [6.07, 6.45) is 7.73. The van der Waals surface area contributed by atoms with Crippen molar-refractivity contribution in [2.75, 3.05) is 35.6 Å². The van der Waals surface area contributed by atoms with Crippen molar-refractivity contribution < 1.29 is 0 Å². The number of aryl methyl sites for hydroxylation is 1. The SMILES string of the molecule is Nc1ccc2c(c1N1CCCCCC1)NCCC2. The maximum absolute atomic E-state index is 6.24. The Hall–Kier alpha value is -1.38. The molecule has 1 saturated heterocycles. The second kappa shape index (κ2) is 5.09. The smallest absolute Gasteiger partial charge is 0.0838 e. The molecule has 0 radical (unpaired) electrons. The zero-order valence-electron chi connectivity index (χ0n) is 11.0. The monoisotopic (exact) mass is 245 g/mol. The molecule has 2 heterocycles. The van der Waals surface area contributed by atoms with E-state index < -0.39 is 0 Å². The van der Waals surface area contributed by atoms with Crippen molar-refractivity contribution in [2.24, 2.45) is 0 Å². The maximum atomic E-state index is 6.24. The van der Waals surface area contributed by atoms with Gasteiger partial charge >= 0.3 is 0 Å². The summed E-state index contributed by atoms with van der Waals surface area (Å²) in [5.41, 5.74) is 11.2. The van der Waals surface area contributed by atoms with Gasteiger partial charge in [0.05, 0.1) is 17.1 Å². The van der Waals surface area contributed by atoms with Crippen molar-refractivity contribution in [3.8, 4) is 0 Å². The molecule has 3 rings (SSSR count). The number of rotatable bonds is 1. The number of anilines is 3. The molecule has 0 amide bonds. The van der Waals surface area contributed by atoms with Gasteiger partial charge in [-0.15, -0.1) is 0 Å². The Labute approximate surface area is 109 Å². The standard InChI is InChI=1S/C15H23N3/c16-13-8-7-12-6-5-9-17-14(12)15(13)18-10-3-1-2-4-11-18/h7-8,17H,1-6,9-11,16H2. The number of nitrogens with one attached hydrogen (secondary N) is 1. The quantitative estimate of drug-likeness (QED) is 0.747. The van der Waals surface area contributed by atoms with Crippen LogP contribution in [0.3, 0.4) is 0 Å². The van der Waals surface area contributed by atoms with E-state index in [9.17, 15) is 0 Å². The van der Waals surface area contributed by atoms with E-state index in [2.05, 4.69) is 22.3 Å². The van der Waals surface area contributed by atoms with E-state index in [0.29, 0.717) is 0 Å². The van der Waals surface area contributed by atoms with Crippen molar-refractivity contribution >= 4 is 17.1 Å². The molecule has 2 aliphatic heterocycles. The van der Waals surface area contributed by atoms with Gasteiger partial charge in [-0.1, -0.05) is 18.9 Å². The normalized spacial score (nSPS) is 19.9. The van der Waals surface area contributed by atoms with Crippen molar-refractivity contribution in [3.63, 3.8) is 0 Å². The molecule has 1 aromatic carbocycles. The zero-order chi connectivity index (χ0) is 12.4. The molecule has 1 aromatic rings. The number of nitrogens with zero attached hydrogens (tertiary/aromatic N) is 1. The molecule has 3 nitrogen and oxygen atoms in total. The van der Waals surface area contributed by atoms with E-state index in [0.717, 1.165) is 25.3 Å². The molecule has 98 valence electrons. The summed E-state index contributed by atoms with van der Waals surface area (Å²) in [7, 11) is 0. The highest BCUT2D eigenvalue weighted by atomic mass is 15.2. The minimum absolute atomic E-state index is 0.935. The topological polar surface area (TPSA) is 41.3 Å². The van der Waals surface area contributed by atoms with Crippen molar-refractivity contribution in [1.29, 1.82) is 0 Å². The predicted molar refractivity (Wildman–Crippen MR) is 78.3 cm³/mol. The zero-order valence-corrected chi connectivity index (χ0v) is 11.0. The van der Waals surface area contributed by atoms with Crippen LogP contribution in [0.25, 0.3) is 0 Å². The molecule has 3 heteroatoms. The number of nitrogens with two attached hydrogens (primary N) is 1. The molecule has 0 aromatic heterocycles. The predicted octanol–water partition coefficient (Wildman–Crippen LogP) is 3.01. The molecule has 0 spiro atoms. The first-order chi connectivity index (χ1) is 8.86. The minimum Gasteiger partial charge on any atom is -0.397 e. The molecule has 0 atom stereocenters. The fourth-order valence-electron chi connectivity index (χ4n) is 3.18. The Morgan fingerprint density at radius 3 is 2.56 bits per heavy atom. The Kier molecular flexibility index (Phi) is 3.31. The van der Waals surface area contributed by atoms with Crippen LogP contribution in [0.15, 0.2) is 12.1 Å². The first kappa shape index (κ1) is 11.7. The van der Waals surface area contributed by atoms with Crippen LogP contribution in [-0.4, -0.2) is 19.6 Å². The molecular formula is C15H23N3. The Morgan fingerprint density at radius 1 is 1.00 bits per heavy atom. The van der Waals surface area contributed by atoms with Crippen LogP contribution < -0.4 is 16.0 Å². The third kappa shape index (κ3) is 2.14. The van der Waals surface area contributed by atoms with Gasteiger partial charge in [-0.2, -0.15) is 0 Å². The van der Waals surface area contributed by atoms with Gasteiger partial charge in [0.1, 0.15) is 0 Å². The first-order valence-corrected chi connectivity index (χ1v) is 7.26. The lowest BCUT2D eigenvalue weighted by Crippen LogP contribution is -2.27. The third-order valence-electron chi connectivity index (χ3n) is 4.14. The van der Waals surface area contributed by atoms with E-state index in [1.165, 1.54) is 55.5 Å². The molecule has 1 fully saturated rings. The molecule has 0 bridgehead atoms. The second-order valence-electron chi connectivity index (χ2n) is 5.47. The average molecular weight is 245 g/mol. The lowest BCUT2D eigenvalue weighted by Gasteiger charge is -2.30. The Bertz CT molecular complexity index is 420.